The van der Waals surface area contributed by atoms with E-state index in [4.69, 9.17) is 18.9 Å². The first-order valence-corrected chi connectivity index (χ1v) is 13.1. The zero-order valence-electron chi connectivity index (χ0n) is 23.8. The van der Waals surface area contributed by atoms with Crippen molar-refractivity contribution in [3.05, 3.63) is 54.6 Å². The van der Waals surface area contributed by atoms with Crippen molar-refractivity contribution >= 4 is 0 Å². The van der Waals surface area contributed by atoms with Crippen LogP contribution in [0.3, 0.4) is 0 Å². The molecule has 9 nitrogen and oxygen atoms in total. The number of phenolic OH excluding ortho intramolecular Hbond substituents is 2. The molecular formula is C31H35N3O6. The van der Waals surface area contributed by atoms with Gasteiger partial charge >= 0.3 is 0 Å². The Morgan fingerprint density at radius 1 is 0.525 bits per heavy atom. The van der Waals surface area contributed by atoms with Gasteiger partial charge in [0.05, 0.1) is 42.1 Å². The minimum atomic E-state index is -0.0567. The lowest BCUT2D eigenvalue weighted by Crippen LogP contribution is -2.06. The van der Waals surface area contributed by atoms with Crippen LogP contribution < -0.4 is 18.9 Å². The van der Waals surface area contributed by atoms with Crippen molar-refractivity contribution in [2.75, 3.05) is 7.11 Å². The normalized spacial score (nSPS) is 11.2. The number of nitrogens with zero attached hydrogens (tertiary/aromatic N) is 3. The van der Waals surface area contributed by atoms with Crippen molar-refractivity contribution in [1.29, 1.82) is 0 Å². The van der Waals surface area contributed by atoms with Crippen LogP contribution in [-0.2, 0) is 0 Å². The van der Waals surface area contributed by atoms with Crippen molar-refractivity contribution in [2.45, 2.75) is 59.9 Å². The zero-order valence-corrected chi connectivity index (χ0v) is 23.8. The summed E-state index contributed by atoms with van der Waals surface area (Å²) in [7, 11) is 1.56. The van der Waals surface area contributed by atoms with Gasteiger partial charge in [-0.05, 0) is 77.9 Å². The maximum atomic E-state index is 10.9. The van der Waals surface area contributed by atoms with Crippen LogP contribution in [-0.4, -0.2) is 50.6 Å². The summed E-state index contributed by atoms with van der Waals surface area (Å²) in [5.74, 6) is 2.77. The molecule has 0 spiro atoms. The summed E-state index contributed by atoms with van der Waals surface area (Å²) >= 11 is 0. The Kier molecular flexibility index (Phi) is 8.62. The molecule has 4 rings (SSSR count). The number of aromatic nitrogens is 3. The molecule has 0 saturated heterocycles. The first-order valence-electron chi connectivity index (χ1n) is 13.1. The maximum absolute atomic E-state index is 10.9. The van der Waals surface area contributed by atoms with Gasteiger partial charge in [0.25, 0.3) is 0 Å². The molecule has 0 radical (unpaired) electrons. The predicted molar refractivity (Wildman–Crippen MR) is 153 cm³/mol. The number of methoxy groups -OCH3 is 1. The molecule has 0 unspecified atom stereocenters. The molecule has 210 valence electrons. The average molecular weight is 546 g/mol. The lowest BCUT2D eigenvalue weighted by Gasteiger charge is -2.15. The standard InChI is InChI=1S/C31H35N3O6/c1-17(2)38-20-8-11-23(26(35)14-20)29-32-30(24-12-9-21(15-27(24)36)39-18(3)4)34-31(33-29)25-13-10-22(40-19(5)6)16-28(25)37-7/h8-19,35-36H,1-7H3. The number of hydrogen-bond donors (Lipinski definition) is 2. The minimum absolute atomic E-state index is 0.0119. The lowest BCUT2D eigenvalue weighted by molar-refractivity contribution is 0.241. The van der Waals surface area contributed by atoms with Gasteiger partial charge in [0.2, 0.25) is 0 Å². The van der Waals surface area contributed by atoms with Gasteiger partial charge < -0.3 is 29.2 Å². The van der Waals surface area contributed by atoms with E-state index in [1.165, 1.54) is 12.1 Å². The summed E-state index contributed by atoms with van der Waals surface area (Å²) in [4.78, 5) is 14.0. The van der Waals surface area contributed by atoms with Crippen molar-refractivity contribution in [1.82, 2.24) is 15.0 Å². The number of ether oxygens (including phenoxy) is 4. The number of benzene rings is 3. The molecule has 0 aliphatic rings. The molecular weight excluding hydrogens is 510 g/mol. The number of hydrogen-bond acceptors (Lipinski definition) is 9. The average Bonchev–Trinajstić information content (AvgIpc) is 2.87. The Hall–Kier alpha value is -4.53. The second-order valence-corrected chi connectivity index (χ2v) is 10.0. The van der Waals surface area contributed by atoms with Crippen LogP contribution in [0.25, 0.3) is 34.2 Å². The van der Waals surface area contributed by atoms with Gasteiger partial charge in [0.1, 0.15) is 34.5 Å². The van der Waals surface area contributed by atoms with Crippen molar-refractivity contribution in [3.8, 4) is 68.7 Å². The van der Waals surface area contributed by atoms with Crippen LogP contribution in [0.1, 0.15) is 41.5 Å². The fraction of sp³-hybridized carbons (Fsp3) is 0.323. The van der Waals surface area contributed by atoms with E-state index < -0.39 is 0 Å². The Morgan fingerprint density at radius 3 is 1.23 bits per heavy atom. The monoisotopic (exact) mass is 545 g/mol. The van der Waals surface area contributed by atoms with E-state index in [2.05, 4.69) is 15.0 Å². The molecule has 0 saturated carbocycles. The molecule has 3 aromatic carbocycles. The van der Waals surface area contributed by atoms with Crippen LogP contribution in [0.4, 0.5) is 0 Å². The molecule has 0 bridgehead atoms. The second-order valence-electron chi connectivity index (χ2n) is 10.0. The van der Waals surface area contributed by atoms with Gasteiger partial charge in [-0.3, -0.25) is 0 Å². The van der Waals surface area contributed by atoms with E-state index in [1.54, 1.807) is 43.5 Å². The molecule has 2 N–H and O–H groups in total. The SMILES string of the molecule is COc1cc(OC(C)C)ccc1-c1nc(-c2ccc(OC(C)C)cc2O)nc(-c2ccc(OC(C)C)cc2O)n1. The van der Waals surface area contributed by atoms with Gasteiger partial charge in [-0.15, -0.1) is 0 Å². The Morgan fingerprint density at radius 2 is 0.875 bits per heavy atom. The summed E-state index contributed by atoms with van der Waals surface area (Å²) in [6.45, 7) is 11.5. The van der Waals surface area contributed by atoms with E-state index in [0.29, 0.717) is 39.7 Å². The van der Waals surface area contributed by atoms with E-state index in [-0.39, 0.29) is 47.3 Å². The second kappa shape index (κ2) is 12.1. The van der Waals surface area contributed by atoms with Gasteiger partial charge in [-0.1, -0.05) is 0 Å². The van der Waals surface area contributed by atoms with Gasteiger partial charge in [-0.2, -0.15) is 0 Å². The van der Waals surface area contributed by atoms with Crippen LogP contribution in [0.5, 0.6) is 34.5 Å². The van der Waals surface area contributed by atoms with Crippen molar-refractivity contribution < 1.29 is 29.2 Å². The van der Waals surface area contributed by atoms with Gasteiger partial charge in [0, 0.05) is 18.2 Å². The molecule has 0 fully saturated rings. The molecule has 0 atom stereocenters. The first-order chi connectivity index (χ1) is 19.0. The maximum Gasteiger partial charge on any atom is 0.167 e. The van der Waals surface area contributed by atoms with Crippen LogP contribution in [0.15, 0.2) is 54.6 Å². The Labute approximate surface area is 234 Å². The van der Waals surface area contributed by atoms with Crippen LogP contribution >= 0.6 is 0 Å². The van der Waals surface area contributed by atoms with E-state index >= 15 is 0 Å². The molecule has 0 aliphatic carbocycles. The Bertz CT molecular complexity index is 1410. The third-order valence-corrected chi connectivity index (χ3v) is 5.58. The van der Waals surface area contributed by atoms with E-state index in [1.807, 2.05) is 47.6 Å². The molecule has 1 aromatic heterocycles. The molecule has 0 aliphatic heterocycles. The quantitative estimate of drug-likeness (QED) is 0.226. The molecule has 4 aromatic rings. The highest BCUT2D eigenvalue weighted by atomic mass is 16.5. The highest BCUT2D eigenvalue weighted by molar-refractivity contribution is 5.74. The third kappa shape index (κ3) is 6.72. The third-order valence-electron chi connectivity index (χ3n) is 5.58. The summed E-state index contributed by atoms with van der Waals surface area (Å²) in [6, 6.07) is 15.3. The fourth-order valence-corrected chi connectivity index (χ4v) is 4.03. The smallest absolute Gasteiger partial charge is 0.167 e. The fourth-order valence-electron chi connectivity index (χ4n) is 4.03. The summed E-state index contributed by atoms with van der Waals surface area (Å²) in [5.41, 5.74) is 1.33. The van der Waals surface area contributed by atoms with Crippen molar-refractivity contribution in [3.63, 3.8) is 0 Å². The van der Waals surface area contributed by atoms with Crippen LogP contribution in [0.2, 0.25) is 0 Å². The summed E-state index contributed by atoms with van der Waals surface area (Å²) in [6.07, 6.45) is -0.120. The van der Waals surface area contributed by atoms with E-state index in [9.17, 15) is 10.2 Å². The first kappa shape index (κ1) is 28.5. The molecule has 0 amide bonds. The molecule has 40 heavy (non-hydrogen) atoms. The number of phenols is 2. The number of rotatable bonds is 10. The summed E-state index contributed by atoms with van der Waals surface area (Å²) < 4.78 is 22.9. The van der Waals surface area contributed by atoms with Gasteiger partial charge in [0.15, 0.2) is 17.5 Å². The largest absolute Gasteiger partial charge is 0.507 e. The summed E-state index contributed by atoms with van der Waals surface area (Å²) in [5, 5.41) is 21.8. The van der Waals surface area contributed by atoms with Crippen LogP contribution in [0, 0.1) is 0 Å². The number of aromatic hydroxyl groups is 2. The lowest BCUT2D eigenvalue weighted by atomic mass is 10.1. The minimum Gasteiger partial charge on any atom is -0.507 e. The van der Waals surface area contributed by atoms with Crippen molar-refractivity contribution in [2.24, 2.45) is 0 Å². The molecule has 1 heterocycles. The highest BCUT2D eigenvalue weighted by Crippen LogP contribution is 2.38. The zero-order chi connectivity index (χ0) is 29.0. The highest BCUT2D eigenvalue weighted by Gasteiger charge is 2.20. The Balaban J connectivity index is 1.88. The predicted octanol–water partition coefficient (Wildman–Crippen LogP) is 6.65. The van der Waals surface area contributed by atoms with E-state index in [0.717, 1.165) is 0 Å². The van der Waals surface area contributed by atoms with Gasteiger partial charge in [-0.25, -0.2) is 15.0 Å². The topological polar surface area (TPSA) is 116 Å². The molecule has 9 heteroatoms.